The second-order valence-corrected chi connectivity index (χ2v) is 27.7. The maximum absolute atomic E-state index is 9.37. The fourth-order valence-corrected chi connectivity index (χ4v) is 12.0. The molecule has 3 saturated carbocycles. The maximum atomic E-state index is 9.37. The average Bonchev–Trinajstić information content (AvgIpc) is 4.40. The van der Waals surface area contributed by atoms with E-state index >= 15 is 0 Å². The van der Waals surface area contributed by atoms with Crippen molar-refractivity contribution in [1.29, 1.82) is 0 Å². The Bertz CT molecular complexity index is 1390. The summed E-state index contributed by atoms with van der Waals surface area (Å²) in [6.07, 6.45) is 37.6. The Morgan fingerprint density at radius 3 is 1.12 bits per heavy atom. The Labute approximate surface area is 555 Å². The Kier molecular flexibility index (Phi) is 66.8. The van der Waals surface area contributed by atoms with Gasteiger partial charge < -0.3 is 80.9 Å². The predicted octanol–water partition coefficient (Wildman–Crippen LogP) is 9.31. The molecule has 0 bridgehead atoms. The summed E-state index contributed by atoms with van der Waals surface area (Å²) in [7, 11) is 12.1. The van der Waals surface area contributed by atoms with Crippen LogP contribution in [0.5, 0.6) is 0 Å². The molecule has 3 aliphatic carbocycles. The molecule has 0 amide bonds. The number of aliphatic hydroxyl groups excluding tert-OH is 12. The van der Waals surface area contributed by atoms with Gasteiger partial charge in [0.05, 0.1) is 49.3 Å². The number of piperidine rings is 3. The van der Waals surface area contributed by atoms with Crippen molar-refractivity contribution < 1.29 is 61.3 Å². The maximum Gasteiger partial charge on any atom is 0.107 e. The van der Waals surface area contributed by atoms with Crippen molar-refractivity contribution in [3.63, 3.8) is 0 Å². The third-order valence-electron chi connectivity index (χ3n) is 18.8. The van der Waals surface area contributed by atoms with Crippen molar-refractivity contribution in [2.24, 2.45) is 17.8 Å². The molecular weight excluding hydrogens is 1140 g/mol. The lowest BCUT2D eigenvalue weighted by molar-refractivity contribution is -0.00578. The molecule has 0 aromatic carbocycles. The van der Waals surface area contributed by atoms with Gasteiger partial charge >= 0.3 is 0 Å². The molecule has 10 unspecified atom stereocenters. The minimum absolute atomic E-state index is 0.0173. The number of β-amino-alcohol motifs (C(OH)–C–C–N with tert-alkyl or cyclic N) is 2. The fraction of sp³-hybridized carbons (Fsp3) is 1.00. The summed E-state index contributed by atoms with van der Waals surface area (Å²) in [5.41, 5.74) is 0. The van der Waals surface area contributed by atoms with E-state index in [1.165, 1.54) is 89.9 Å². The molecule has 6 heterocycles. The molecule has 18 heteroatoms. The molecule has 6 saturated heterocycles. The van der Waals surface area contributed by atoms with Gasteiger partial charge in [-0.2, -0.15) is 0 Å². The second-order valence-electron chi connectivity index (χ2n) is 27.7. The summed E-state index contributed by atoms with van der Waals surface area (Å²) < 4.78 is 0. The lowest BCUT2D eigenvalue weighted by atomic mass is 9.85. The number of hydrogen-bond acceptors (Lipinski definition) is 18. The van der Waals surface area contributed by atoms with Crippen LogP contribution in [0.3, 0.4) is 0 Å². The Hall–Kier alpha value is -0.720. The highest BCUT2D eigenvalue weighted by atomic mass is 16.3. The van der Waals surface area contributed by atoms with E-state index in [1.54, 1.807) is 0 Å². The first kappa shape index (κ1) is 93.5. The summed E-state index contributed by atoms with van der Waals surface area (Å²) in [5.74, 6) is 2.33. The smallest absolute Gasteiger partial charge is 0.107 e. The number of likely N-dealkylation sites (tertiary alicyclic amines) is 6. The summed E-state index contributed by atoms with van der Waals surface area (Å²) >= 11 is 0. The summed E-state index contributed by atoms with van der Waals surface area (Å²) in [4.78, 5) is 12.7. The Morgan fingerprint density at radius 1 is 0.367 bits per heavy atom. The van der Waals surface area contributed by atoms with Gasteiger partial charge in [0.15, 0.2) is 0 Å². The van der Waals surface area contributed by atoms with Crippen LogP contribution in [0.1, 0.15) is 267 Å². The number of likely N-dealkylation sites (N-methyl/N-ethyl adjacent to an activating group) is 3. The normalized spacial score (nSPS) is 29.4. The van der Waals surface area contributed by atoms with E-state index in [1.807, 2.05) is 44.9 Å². The van der Waals surface area contributed by atoms with E-state index in [-0.39, 0.29) is 55.2 Å². The first-order valence-electron chi connectivity index (χ1n) is 37.0. The molecule has 0 radical (unpaired) electrons. The molecule has 0 spiro atoms. The third-order valence-corrected chi connectivity index (χ3v) is 18.8. The molecular formula is C72H156N6O12. The van der Waals surface area contributed by atoms with Gasteiger partial charge in [0, 0.05) is 65.1 Å². The zero-order valence-corrected chi connectivity index (χ0v) is 61.1. The number of nitrogens with zero attached hydrogens (tertiary/aromatic N) is 6. The van der Waals surface area contributed by atoms with E-state index in [0.717, 1.165) is 199 Å². The Morgan fingerprint density at radius 2 is 0.833 bits per heavy atom. The fourth-order valence-electron chi connectivity index (χ4n) is 12.0. The quantitative estimate of drug-likeness (QED) is 0.0860. The molecule has 10 atom stereocenters. The van der Waals surface area contributed by atoms with E-state index in [2.05, 4.69) is 75.2 Å². The standard InChI is InChI=1S/3C8H16O.4C6H13NO.2C5H11NO.2C5H12O.C4H10O/c1-2-7-3-5-8(9)6-4-7;1-2-7-4-3-5-8(9)6-7;1-2-7-5-3-4-6-8(7)9;1-7-4-2-6(8)3-5-7;1-7-4-2-3-6(7)5-8;1-7-4-2-3-6(8)5-7;1-7-5-3-2-4-6(7)8;1-6-3-2-5(7)4-6;1-6-4-2-3-5(6)7;1-3-4-5(2)6;1-2-3-4-5-6;1-2-3-4-5/h3*7-9H,2-6H2,1H3;4*6,8H,2-5H2,1H3;2*5,7H,2-4H2,1H3;5-6H,3-4H2,1-2H3;6H,2-5H2,1H3;5H,2-4H2,1H3. The van der Waals surface area contributed by atoms with Gasteiger partial charge in [-0.3, -0.25) is 9.80 Å². The van der Waals surface area contributed by atoms with Crippen molar-refractivity contribution in [3.8, 4) is 0 Å². The largest absolute Gasteiger partial charge is 0.396 e. The predicted molar refractivity (Wildman–Crippen MR) is 377 cm³/mol. The van der Waals surface area contributed by atoms with Crippen LogP contribution in [0.2, 0.25) is 0 Å². The first-order valence-corrected chi connectivity index (χ1v) is 37.0. The highest BCUT2D eigenvalue weighted by Gasteiger charge is 2.23. The SMILES string of the molecule is CCC1CCC(O)CC1.CCC1CCCC(O)C1.CCC1CCCCC1O.CCCC(C)O.CCCCCO.CCCCO.CN1CCC(O)C1.CN1CCC(O)CC1.CN1CCCC(O)C1.CN1CCCC1CO.CN1CCCC1O.CN1CCCCC1O. The topological polar surface area (TPSA) is 262 Å². The minimum Gasteiger partial charge on any atom is -0.396 e. The number of aliphatic hydroxyl groups is 12. The van der Waals surface area contributed by atoms with Crippen molar-refractivity contribution in [3.05, 3.63) is 0 Å². The van der Waals surface area contributed by atoms with Crippen LogP contribution in [-0.4, -0.2) is 273 Å². The zero-order chi connectivity index (χ0) is 68.5. The van der Waals surface area contributed by atoms with Gasteiger partial charge in [-0.05, 0) is 228 Å². The summed E-state index contributed by atoms with van der Waals surface area (Å²) in [6, 6.07) is 0.454. The third kappa shape index (κ3) is 57.5. The molecule has 0 aromatic heterocycles. The van der Waals surface area contributed by atoms with Crippen LogP contribution in [0.15, 0.2) is 0 Å². The highest BCUT2D eigenvalue weighted by Crippen LogP contribution is 2.28. The molecule has 18 nitrogen and oxygen atoms in total. The Balaban J connectivity index is -0.000000921. The van der Waals surface area contributed by atoms with Crippen molar-refractivity contribution in [2.45, 2.75) is 328 Å². The zero-order valence-electron chi connectivity index (χ0n) is 61.1. The monoisotopic (exact) mass is 1300 g/mol. The van der Waals surface area contributed by atoms with E-state index in [0.29, 0.717) is 31.8 Å². The van der Waals surface area contributed by atoms with Crippen LogP contribution in [0, 0.1) is 17.8 Å². The number of rotatable bonds is 11. The van der Waals surface area contributed by atoms with Crippen molar-refractivity contribution >= 4 is 0 Å². The molecule has 9 aliphatic rings. The van der Waals surface area contributed by atoms with Gasteiger partial charge in [-0.1, -0.05) is 112 Å². The van der Waals surface area contributed by atoms with Crippen molar-refractivity contribution in [2.75, 3.05) is 121 Å². The molecule has 90 heavy (non-hydrogen) atoms. The summed E-state index contributed by atoms with van der Waals surface area (Å²) in [6.45, 7) is 25.0. The van der Waals surface area contributed by atoms with Gasteiger partial charge in [0.1, 0.15) is 12.5 Å². The van der Waals surface area contributed by atoms with E-state index < -0.39 is 0 Å². The van der Waals surface area contributed by atoms with Crippen LogP contribution < -0.4 is 0 Å². The second kappa shape index (κ2) is 64.3. The molecule has 0 aromatic rings. The average molecular weight is 1300 g/mol. The van der Waals surface area contributed by atoms with Crippen LogP contribution in [0.4, 0.5) is 0 Å². The van der Waals surface area contributed by atoms with Crippen LogP contribution >= 0.6 is 0 Å². The van der Waals surface area contributed by atoms with Gasteiger partial charge in [-0.15, -0.1) is 0 Å². The molecule has 9 rings (SSSR count). The molecule has 546 valence electrons. The molecule has 9 fully saturated rings. The number of unbranched alkanes of at least 4 members (excludes halogenated alkanes) is 3. The van der Waals surface area contributed by atoms with Crippen LogP contribution in [-0.2, 0) is 0 Å². The lowest BCUT2D eigenvalue weighted by Crippen LogP contribution is -2.35. The van der Waals surface area contributed by atoms with E-state index in [4.69, 9.17) is 51.1 Å². The lowest BCUT2D eigenvalue weighted by Gasteiger charge is -2.27. The van der Waals surface area contributed by atoms with Gasteiger partial charge in [0.2, 0.25) is 0 Å². The van der Waals surface area contributed by atoms with Crippen LogP contribution in [0.25, 0.3) is 0 Å². The van der Waals surface area contributed by atoms with Gasteiger partial charge in [0.25, 0.3) is 0 Å². The van der Waals surface area contributed by atoms with E-state index in [9.17, 15) is 10.2 Å². The number of hydrogen-bond donors (Lipinski definition) is 12. The highest BCUT2D eigenvalue weighted by molar-refractivity contribution is 4.76. The van der Waals surface area contributed by atoms with Crippen molar-refractivity contribution in [1.82, 2.24) is 29.4 Å². The first-order chi connectivity index (χ1) is 42.9. The summed E-state index contributed by atoms with van der Waals surface area (Å²) in [5, 5.41) is 106. The minimum atomic E-state index is -0.163. The molecule has 6 aliphatic heterocycles. The van der Waals surface area contributed by atoms with Gasteiger partial charge in [-0.25, -0.2) is 0 Å². The molecule has 12 N–H and O–H groups in total.